The number of fused-ring (bicyclic) bond motifs is 1. The molecular weight excluding hydrogens is 500 g/mol. The Labute approximate surface area is 204 Å². The monoisotopic (exact) mass is 520 g/mol. The Kier molecular flexibility index (Phi) is 7.12. The molecule has 0 spiro atoms. The summed E-state index contributed by atoms with van der Waals surface area (Å²) in [6.45, 7) is 0.384. The molecule has 172 valence electrons. The normalized spacial score (nSPS) is 12.4. The second-order valence-corrected chi connectivity index (χ2v) is 8.60. The number of para-hydroxylation sites is 1. The van der Waals surface area contributed by atoms with E-state index in [9.17, 15) is 19.2 Å². The van der Waals surface area contributed by atoms with Crippen LogP contribution in [0.25, 0.3) is 0 Å². The quantitative estimate of drug-likeness (QED) is 0.439. The molecule has 2 N–H and O–H groups in total. The molecule has 4 rings (SSSR count). The maximum Gasteiger partial charge on any atom is 0.261 e. The van der Waals surface area contributed by atoms with Gasteiger partial charge < -0.3 is 10.6 Å². The first-order valence-corrected chi connectivity index (χ1v) is 11.4. The zero-order valence-electron chi connectivity index (χ0n) is 18.1. The van der Waals surface area contributed by atoms with E-state index in [1.807, 2.05) is 12.1 Å². The summed E-state index contributed by atoms with van der Waals surface area (Å²) in [4.78, 5) is 55.0. The van der Waals surface area contributed by atoms with Gasteiger partial charge in [-0.15, -0.1) is 0 Å². The van der Waals surface area contributed by atoms with Crippen molar-refractivity contribution in [3.05, 3.63) is 93.7 Å². The summed E-state index contributed by atoms with van der Waals surface area (Å²) in [7, 11) is 0. The van der Waals surface area contributed by atoms with Crippen molar-refractivity contribution in [2.24, 2.45) is 0 Å². The van der Waals surface area contributed by atoms with E-state index in [0.717, 1.165) is 10.0 Å². The van der Waals surface area contributed by atoms with E-state index in [1.165, 1.54) is 11.1 Å². The molecule has 0 aliphatic carbocycles. The number of benzene rings is 2. The lowest BCUT2D eigenvalue weighted by atomic mass is 10.1. The highest BCUT2D eigenvalue weighted by atomic mass is 79.9. The van der Waals surface area contributed by atoms with Crippen molar-refractivity contribution < 1.29 is 19.2 Å². The van der Waals surface area contributed by atoms with Gasteiger partial charge in [-0.05, 0) is 48.4 Å². The molecule has 3 aromatic rings. The topological polar surface area (TPSA) is 108 Å². The van der Waals surface area contributed by atoms with E-state index < -0.39 is 0 Å². The second kappa shape index (κ2) is 10.4. The van der Waals surface area contributed by atoms with Gasteiger partial charge in [0, 0.05) is 42.1 Å². The molecule has 0 unspecified atom stereocenters. The maximum absolute atomic E-state index is 12.5. The number of nitrogens with one attached hydrogen (secondary N) is 2. The third-order valence-electron chi connectivity index (χ3n) is 5.37. The van der Waals surface area contributed by atoms with Gasteiger partial charge in [0.05, 0.1) is 16.7 Å². The molecule has 2 aromatic carbocycles. The van der Waals surface area contributed by atoms with Gasteiger partial charge in [0.25, 0.3) is 17.7 Å². The minimum atomic E-state index is -0.351. The minimum absolute atomic E-state index is 0.132. The van der Waals surface area contributed by atoms with Crippen molar-refractivity contribution in [2.75, 3.05) is 11.9 Å². The Balaban J connectivity index is 1.30. The standard InChI is InChI=1S/C25H21BrN4O4/c26-18-9-10-19-20(13-18)25(34)30(24(19)33)12-4-8-22(31)29-21-7-2-1-5-16(21)15-28-23(32)17-6-3-11-27-14-17/h1-3,5-7,9-11,13-14H,4,8,12,15H2,(H,28,32)(H,29,31). The highest BCUT2D eigenvalue weighted by Gasteiger charge is 2.35. The van der Waals surface area contributed by atoms with Crippen LogP contribution in [-0.2, 0) is 11.3 Å². The third-order valence-corrected chi connectivity index (χ3v) is 5.87. The van der Waals surface area contributed by atoms with Crippen LogP contribution in [0.2, 0.25) is 0 Å². The molecule has 0 atom stereocenters. The van der Waals surface area contributed by atoms with Gasteiger partial charge >= 0.3 is 0 Å². The fourth-order valence-electron chi connectivity index (χ4n) is 3.65. The lowest BCUT2D eigenvalue weighted by Crippen LogP contribution is -2.31. The molecule has 0 fully saturated rings. The first-order chi connectivity index (χ1) is 16.4. The summed E-state index contributed by atoms with van der Waals surface area (Å²) in [5.74, 6) is -1.20. The first kappa shape index (κ1) is 23.3. The van der Waals surface area contributed by atoms with Crippen LogP contribution in [0, 0.1) is 0 Å². The molecule has 1 aliphatic rings. The maximum atomic E-state index is 12.5. The smallest absolute Gasteiger partial charge is 0.261 e. The SMILES string of the molecule is O=C(CCCN1C(=O)c2ccc(Br)cc2C1=O)Nc1ccccc1CNC(=O)c1cccnc1. The predicted octanol–water partition coefficient (Wildman–Crippen LogP) is 3.79. The number of imide groups is 1. The highest BCUT2D eigenvalue weighted by molar-refractivity contribution is 9.10. The van der Waals surface area contributed by atoms with E-state index >= 15 is 0 Å². The van der Waals surface area contributed by atoms with Crippen molar-refractivity contribution in [3.8, 4) is 0 Å². The van der Waals surface area contributed by atoms with Crippen LogP contribution in [0.3, 0.4) is 0 Å². The van der Waals surface area contributed by atoms with Crippen LogP contribution >= 0.6 is 15.9 Å². The summed E-state index contributed by atoms with van der Waals surface area (Å²) in [5.41, 5.74) is 2.53. The number of amides is 4. The van der Waals surface area contributed by atoms with Crippen molar-refractivity contribution >= 4 is 45.2 Å². The molecule has 4 amide bonds. The Morgan fingerprint density at radius 2 is 1.76 bits per heavy atom. The Hall–Kier alpha value is -3.85. The van der Waals surface area contributed by atoms with E-state index in [0.29, 0.717) is 28.8 Å². The van der Waals surface area contributed by atoms with Crippen LogP contribution < -0.4 is 10.6 Å². The Morgan fingerprint density at radius 1 is 0.971 bits per heavy atom. The number of carbonyl (C=O) groups is 4. The van der Waals surface area contributed by atoms with Gasteiger partial charge in [-0.3, -0.25) is 29.1 Å². The van der Waals surface area contributed by atoms with Crippen molar-refractivity contribution in [3.63, 3.8) is 0 Å². The number of pyridine rings is 1. The van der Waals surface area contributed by atoms with Crippen molar-refractivity contribution in [1.29, 1.82) is 0 Å². The van der Waals surface area contributed by atoms with Crippen LogP contribution in [0.1, 0.15) is 49.5 Å². The molecule has 1 aliphatic heterocycles. The number of hydrogen-bond donors (Lipinski definition) is 2. The molecule has 1 aromatic heterocycles. The van der Waals surface area contributed by atoms with Gasteiger partial charge in [0.2, 0.25) is 5.91 Å². The average Bonchev–Trinajstić information content (AvgIpc) is 3.08. The number of carbonyl (C=O) groups excluding carboxylic acids is 4. The van der Waals surface area contributed by atoms with Gasteiger partial charge in [-0.2, -0.15) is 0 Å². The molecule has 0 bridgehead atoms. The largest absolute Gasteiger partial charge is 0.348 e. The number of aromatic nitrogens is 1. The van der Waals surface area contributed by atoms with Gasteiger partial charge in [0.1, 0.15) is 0 Å². The molecule has 9 heteroatoms. The Bertz CT molecular complexity index is 1260. The number of hydrogen-bond acceptors (Lipinski definition) is 5. The summed E-state index contributed by atoms with van der Waals surface area (Å²) in [5, 5.41) is 5.67. The van der Waals surface area contributed by atoms with E-state index in [4.69, 9.17) is 0 Å². The average molecular weight is 521 g/mol. The molecule has 0 saturated carbocycles. The highest BCUT2D eigenvalue weighted by Crippen LogP contribution is 2.26. The zero-order chi connectivity index (χ0) is 24.1. The zero-order valence-corrected chi connectivity index (χ0v) is 19.7. The summed E-state index contributed by atoms with van der Waals surface area (Å²) < 4.78 is 0.726. The summed E-state index contributed by atoms with van der Waals surface area (Å²) >= 11 is 3.31. The minimum Gasteiger partial charge on any atom is -0.348 e. The predicted molar refractivity (Wildman–Crippen MR) is 129 cm³/mol. The Morgan fingerprint density at radius 3 is 2.56 bits per heavy atom. The summed E-state index contributed by atoms with van der Waals surface area (Å²) in [6.07, 6.45) is 3.54. The molecular formula is C25H21BrN4O4. The number of halogens is 1. The third kappa shape index (κ3) is 5.20. The van der Waals surface area contributed by atoms with Crippen LogP contribution in [0.5, 0.6) is 0 Å². The molecule has 0 saturated heterocycles. The number of nitrogens with zero attached hydrogens (tertiary/aromatic N) is 2. The van der Waals surface area contributed by atoms with E-state index in [1.54, 1.807) is 48.7 Å². The van der Waals surface area contributed by atoms with Crippen LogP contribution in [0.4, 0.5) is 5.69 Å². The van der Waals surface area contributed by atoms with Crippen LogP contribution in [0.15, 0.2) is 71.5 Å². The van der Waals surface area contributed by atoms with Crippen molar-refractivity contribution in [2.45, 2.75) is 19.4 Å². The van der Waals surface area contributed by atoms with Gasteiger partial charge in [-0.25, -0.2) is 0 Å². The van der Waals surface area contributed by atoms with Gasteiger partial charge in [0.15, 0.2) is 0 Å². The fourth-order valence-corrected chi connectivity index (χ4v) is 4.01. The number of rotatable bonds is 8. The molecule has 8 nitrogen and oxygen atoms in total. The molecule has 0 radical (unpaired) electrons. The lowest BCUT2D eigenvalue weighted by Gasteiger charge is -2.14. The fraction of sp³-hybridized carbons (Fsp3) is 0.160. The molecule has 2 heterocycles. The van der Waals surface area contributed by atoms with E-state index in [-0.39, 0.29) is 43.1 Å². The first-order valence-electron chi connectivity index (χ1n) is 10.7. The molecule has 34 heavy (non-hydrogen) atoms. The van der Waals surface area contributed by atoms with Gasteiger partial charge in [-0.1, -0.05) is 34.1 Å². The van der Waals surface area contributed by atoms with E-state index in [2.05, 4.69) is 31.5 Å². The summed E-state index contributed by atoms with van der Waals surface area (Å²) in [6, 6.07) is 15.5. The van der Waals surface area contributed by atoms with Crippen molar-refractivity contribution in [1.82, 2.24) is 15.2 Å². The lowest BCUT2D eigenvalue weighted by molar-refractivity contribution is -0.116. The van der Waals surface area contributed by atoms with Crippen LogP contribution in [-0.4, -0.2) is 40.1 Å². The number of anilines is 1. The second-order valence-electron chi connectivity index (χ2n) is 7.69.